The van der Waals surface area contributed by atoms with Gasteiger partial charge in [0.2, 0.25) is 11.8 Å². The third kappa shape index (κ3) is 4.93. The summed E-state index contributed by atoms with van der Waals surface area (Å²) in [5.74, 6) is 1.51. The number of hydrogen-bond acceptors (Lipinski definition) is 5. The molecule has 0 saturated heterocycles. The largest absolute Gasteiger partial charge is 0.493 e. The number of hydrogen-bond donors (Lipinski definition) is 1. The molecule has 4 rings (SSSR count). The molecule has 0 aromatic heterocycles. The van der Waals surface area contributed by atoms with Crippen molar-refractivity contribution in [3.05, 3.63) is 53.6 Å². The number of amides is 2. The Balaban J connectivity index is 1.44. The number of hydrazone groups is 1. The third-order valence-corrected chi connectivity index (χ3v) is 6.10. The van der Waals surface area contributed by atoms with E-state index in [-0.39, 0.29) is 17.7 Å². The number of benzene rings is 2. The van der Waals surface area contributed by atoms with Gasteiger partial charge in [-0.1, -0.05) is 25.0 Å². The molecule has 0 atom stereocenters. The maximum absolute atomic E-state index is 12.5. The summed E-state index contributed by atoms with van der Waals surface area (Å²) in [7, 11) is 3.20. The fourth-order valence-electron chi connectivity index (χ4n) is 4.25. The van der Waals surface area contributed by atoms with Crippen LogP contribution in [0.2, 0.25) is 0 Å². The zero-order valence-electron chi connectivity index (χ0n) is 18.6. The van der Waals surface area contributed by atoms with Crippen LogP contribution in [-0.4, -0.2) is 36.8 Å². The summed E-state index contributed by atoms with van der Waals surface area (Å²) in [6.45, 7) is 0.381. The minimum atomic E-state index is -0.00663. The van der Waals surface area contributed by atoms with E-state index in [9.17, 15) is 9.59 Å². The van der Waals surface area contributed by atoms with Crippen molar-refractivity contribution in [2.24, 2.45) is 11.0 Å². The second-order valence-corrected chi connectivity index (χ2v) is 8.24. The highest BCUT2D eigenvalue weighted by molar-refractivity contribution is 6.04. The molecule has 0 radical (unpaired) electrons. The van der Waals surface area contributed by atoms with Crippen molar-refractivity contribution in [1.29, 1.82) is 0 Å². The first-order valence-electron chi connectivity index (χ1n) is 11.1. The summed E-state index contributed by atoms with van der Waals surface area (Å²) < 4.78 is 10.7. The molecule has 1 heterocycles. The Morgan fingerprint density at radius 1 is 1.03 bits per heavy atom. The molecule has 1 N–H and O–H groups in total. The highest BCUT2D eigenvalue weighted by atomic mass is 16.5. The van der Waals surface area contributed by atoms with Gasteiger partial charge in [-0.05, 0) is 48.7 Å². The second-order valence-electron chi connectivity index (χ2n) is 8.24. The first kappa shape index (κ1) is 21.9. The molecule has 0 unspecified atom stereocenters. The molecule has 1 saturated carbocycles. The van der Waals surface area contributed by atoms with Gasteiger partial charge in [0.15, 0.2) is 11.5 Å². The molecule has 7 nitrogen and oxygen atoms in total. The van der Waals surface area contributed by atoms with Crippen molar-refractivity contribution in [3.8, 4) is 11.5 Å². The Bertz CT molecular complexity index is 1010. The Morgan fingerprint density at radius 2 is 1.75 bits per heavy atom. The SMILES string of the molecule is COc1ccc(C2=NN(Cc3ccc(NC(=O)C4CCCC4)cc3)C(=O)CC2)cc1OC. The average molecular weight is 436 g/mol. The number of methoxy groups -OCH3 is 2. The summed E-state index contributed by atoms with van der Waals surface area (Å²) in [4.78, 5) is 24.8. The number of nitrogens with one attached hydrogen (secondary N) is 1. The fraction of sp³-hybridized carbons (Fsp3) is 0.400. The standard InChI is InChI=1S/C25H29N3O4/c1-31-22-13-9-19(15-23(22)32-2)21-12-14-24(29)28(27-21)16-17-7-10-20(11-8-17)26-25(30)18-5-3-4-6-18/h7-11,13,15,18H,3-6,12,14,16H2,1-2H3,(H,26,30). The predicted molar refractivity (Wildman–Crippen MR) is 123 cm³/mol. The van der Waals surface area contributed by atoms with Crippen molar-refractivity contribution < 1.29 is 19.1 Å². The number of anilines is 1. The van der Waals surface area contributed by atoms with E-state index in [1.165, 1.54) is 5.01 Å². The van der Waals surface area contributed by atoms with E-state index in [4.69, 9.17) is 9.47 Å². The average Bonchev–Trinajstić information content (AvgIpc) is 3.36. The number of rotatable bonds is 7. The first-order chi connectivity index (χ1) is 15.6. The maximum atomic E-state index is 12.5. The molecule has 2 aromatic carbocycles. The molecule has 1 fully saturated rings. The molecule has 7 heteroatoms. The minimum Gasteiger partial charge on any atom is -0.493 e. The lowest BCUT2D eigenvalue weighted by atomic mass is 10.0. The van der Waals surface area contributed by atoms with Crippen LogP contribution in [0, 0.1) is 5.92 Å². The number of carbonyl (C=O) groups excluding carboxylic acids is 2. The molecule has 168 valence electrons. The van der Waals surface area contributed by atoms with Crippen LogP contribution in [0.3, 0.4) is 0 Å². The Kier molecular flexibility index (Phi) is 6.73. The maximum Gasteiger partial charge on any atom is 0.243 e. The smallest absolute Gasteiger partial charge is 0.243 e. The van der Waals surface area contributed by atoms with Crippen LogP contribution in [0.25, 0.3) is 0 Å². The summed E-state index contributed by atoms with van der Waals surface area (Å²) in [6.07, 6.45) is 5.20. The van der Waals surface area contributed by atoms with Crippen LogP contribution in [0.15, 0.2) is 47.6 Å². The predicted octanol–water partition coefficient (Wildman–Crippen LogP) is 4.36. The lowest BCUT2D eigenvalue weighted by Gasteiger charge is -2.24. The molecule has 2 aromatic rings. The second kappa shape index (κ2) is 9.85. The van der Waals surface area contributed by atoms with Crippen LogP contribution in [-0.2, 0) is 16.1 Å². The van der Waals surface area contributed by atoms with E-state index in [2.05, 4.69) is 10.4 Å². The van der Waals surface area contributed by atoms with Crippen molar-refractivity contribution >= 4 is 23.2 Å². The van der Waals surface area contributed by atoms with Crippen LogP contribution in [0.5, 0.6) is 11.5 Å². The molecule has 2 amide bonds. The lowest BCUT2D eigenvalue weighted by Crippen LogP contribution is -2.31. The third-order valence-electron chi connectivity index (χ3n) is 6.10. The lowest BCUT2D eigenvalue weighted by molar-refractivity contribution is -0.132. The van der Waals surface area contributed by atoms with Gasteiger partial charge in [-0.25, -0.2) is 5.01 Å². The summed E-state index contributed by atoms with van der Waals surface area (Å²) >= 11 is 0. The monoisotopic (exact) mass is 435 g/mol. The van der Waals surface area contributed by atoms with Gasteiger partial charge >= 0.3 is 0 Å². The van der Waals surface area contributed by atoms with E-state index >= 15 is 0 Å². The van der Waals surface area contributed by atoms with Crippen LogP contribution >= 0.6 is 0 Å². The minimum absolute atomic E-state index is 0.00663. The van der Waals surface area contributed by atoms with E-state index < -0.39 is 0 Å². The molecular formula is C25H29N3O4. The van der Waals surface area contributed by atoms with E-state index in [1.807, 2.05) is 42.5 Å². The topological polar surface area (TPSA) is 80.2 Å². The van der Waals surface area contributed by atoms with Gasteiger partial charge in [0.25, 0.3) is 0 Å². The van der Waals surface area contributed by atoms with E-state index in [0.29, 0.717) is 30.9 Å². The van der Waals surface area contributed by atoms with Gasteiger partial charge in [-0.15, -0.1) is 0 Å². The van der Waals surface area contributed by atoms with Gasteiger partial charge < -0.3 is 14.8 Å². The highest BCUT2D eigenvalue weighted by Crippen LogP contribution is 2.29. The molecular weight excluding hydrogens is 406 g/mol. The van der Waals surface area contributed by atoms with Crippen LogP contribution in [0.4, 0.5) is 5.69 Å². The van der Waals surface area contributed by atoms with Gasteiger partial charge in [-0.2, -0.15) is 5.10 Å². The Morgan fingerprint density at radius 3 is 2.44 bits per heavy atom. The fourth-order valence-corrected chi connectivity index (χ4v) is 4.25. The molecule has 32 heavy (non-hydrogen) atoms. The quantitative estimate of drug-likeness (QED) is 0.701. The van der Waals surface area contributed by atoms with Crippen molar-refractivity contribution in [1.82, 2.24) is 5.01 Å². The summed E-state index contributed by atoms with van der Waals surface area (Å²) in [6, 6.07) is 13.3. The molecule has 1 aliphatic carbocycles. The zero-order valence-corrected chi connectivity index (χ0v) is 18.6. The van der Waals surface area contributed by atoms with Crippen LogP contribution in [0.1, 0.15) is 49.7 Å². The Labute approximate surface area is 188 Å². The number of carbonyl (C=O) groups is 2. The molecule has 2 aliphatic rings. The van der Waals surface area contributed by atoms with E-state index in [0.717, 1.165) is 48.2 Å². The van der Waals surface area contributed by atoms with Gasteiger partial charge in [0.05, 0.1) is 26.5 Å². The first-order valence-corrected chi connectivity index (χ1v) is 11.1. The van der Waals surface area contributed by atoms with Crippen molar-refractivity contribution in [3.63, 3.8) is 0 Å². The molecule has 0 bridgehead atoms. The zero-order chi connectivity index (χ0) is 22.5. The number of nitrogens with zero attached hydrogens (tertiary/aromatic N) is 2. The van der Waals surface area contributed by atoms with Crippen LogP contribution < -0.4 is 14.8 Å². The number of ether oxygens (including phenoxy) is 2. The summed E-state index contributed by atoms with van der Waals surface area (Å²) in [5, 5.41) is 9.14. The van der Waals surface area contributed by atoms with Crippen molar-refractivity contribution in [2.75, 3.05) is 19.5 Å². The summed E-state index contributed by atoms with van der Waals surface area (Å²) in [5.41, 5.74) is 3.48. The van der Waals surface area contributed by atoms with Gasteiger partial charge in [-0.3, -0.25) is 9.59 Å². The van der Waals surface area contributed by atoms with Gasteiger partial charge in [0, 0.05) is 30.0 Å². The molecule has 1 aliphatic heterocycles. The highest BCUT2D eigenvalue weighted by Gasteiger charge is 2.24. The van der Waals surface area contributed by atoms with E-state index in [1.54, 1.807) is 14.2 Å². The van der Waals surface area contributed by atoms with Gasteiger partial charge in [0.1, 0.15) is 0 Å². The van der Waals surface area contributed by atoms with Crippen molar-refractivity contribution in [2.45, 2.75) is 45.1 Å². The normalized spacial score (nSPS) is 16.6. The Hall–Kier alpha value is -3.35. The molecule has 0 spiro atoms.